The van der Waals surface area contributed by atoms with Gasteiger partial charge in [-0.05, 0) is 26.7 Å². The quantitative estimate of drug-likeness (QED) is 0.537. The van der Waals surface area contributed by atoms with Crippen LogP contribution in [0.1, 0.15) is 39.5 Å². The maximum atomic E-state index is 11.8. The second kappa shape index (κ2) is 7.58. The van der Waals surface area contributed by atoms with Gasteiger partial charge in [0, 0.05) is 25.4 Å². The average Bonchev–Trinajstić information content (AvgIpc) is 2.10. The van der Waals surface area contributed by atoms with Crippen molar-refractivity contribution in [3.63, 3.8) is 0 Å². The highest BCUT2D eigenvalue weighted by molar-refractivity contribution is 4.95. The smallest absolute Gasteiger partial charge is 0.313 e. The van der Waals surface area contributed by atoms with Crippen LogP contribution >= 0.6 is 0 Å². The van der Waals surface area contributed by atoms with Gasteiger partial charge in [0.05, 0.1) is 0 Å². The van der Waals surface area contributed by atoms with Gasteiger partial charge in [0.1, 0.15) is 0 Å². The molecule has 15 heavy (non-hydrogen) atoms. The minimum Gasteiger partial charge on any atom is -0.313 e. The van der Waals surface area contributed by atoms with Crippen LogP contribution in [0.4, 0.5) is 13.2 Å². The first-order valence-electron chi connectivity index (χ1n) is 5.15. The molecule has 0 aromatic carbocycles. The zero-order valence-corrected chi connectivity index (χ0v) is 9.25. The summed E-state index contributed by atoms with van der Waals surface area (Å²) in [6.07, 6.45) is -3.21. The lowest BCUT2D eigenvalue weighted by Gasteiger charge is -2.13. The Morgan fingerprint density at radius 3 is 2.53 bits per heavy atom. The third-order valence-corrected chi connectivity index (χ3v) is 2.02. The Kier molecular flexibility index (Phi) is 7.23. The molecule has 4 heteroatoms. The van der Waals surface area contributed by atoms with Gasteiger partial charge in [-0.2, -0.15) is 13.2 Å². The lowest BCUT2D eigenvalue weighted by atomic mass is 10.1. The number of hydrogen-bond acceptors (Lipinski definition) is 1. The molecular weight excluding hydrogens is 203 g/mol. The van der Waals surface area contributed by atoms with Gasteiger partial charge in [0.2, 0.25) is 0 Å². The normalized spacial score (nSPS) is 13.1. The van der Waals surface area contributed by atoms with Crippen LogP contribution in [0.3, 0.4) is 0 Å². The average molecular weight is 221 g/mol. The SMILES string of the molecule is CC#CCCNC(C)CCCC(F)(F)F. The molecule has 0 bridgehead atoms. The lowest BCUT2D eigenvalue weighted by molar-refractivity contribution is -0.135. The zero-order chi connectivity index (χ0) is 11.7. The second-order valence-electron chi connectivity index (χ2n) is 3.54. The fourth-order valence-electron chi connectivity index (χ4n) is 1.22. The van der Waals surface area contributed by atoms with Crippen molar-refractivity contribution < 1.29 is 13.2 Å². The van der Waals surface area contributed by atoms with Crippen molar-refractivity contribution in [1.82, 2.24) is 5.32 Å². The van der Waals surface area contributed by atoms with Crippen molar-refractivity contribution >= 4 is 0 Å². The van der Waals surface area contributed by atoms with Crippen LogP contribution in [-0.2, 0) is 0 Å². The van der Waals surface area contributed by atoms with Gasteiger partial charge in [-0.15, -0.1) is 11.8 Å². The molecule has 1 N–H and O–H groups in total. The molecule has 0 rings (SSSR count). The summed E-state index contributed by atoms with van der Waals surface area (Å²) in [7, 11) is 0. The van der Waals surface area contributed by atoms with Crippen LogP contribution in [0.2, 0.25) is 0 Å². The second-order valence-corrected chi connectivity index (χ2v) is 3.54. The zero-order valence-electron chi connectivity index (χ0n) is 9.25. The molecule has 1 atom stereocenters. The fraction of sp³-hybridized carbons (Fsp3) is 0.818. The van der Waals surface area contributed by atoms with Crippen LogP contribution in [0.25, 0.3) is 0 Å². The van der Waals surface area contributed by atoms with Gasteiger partial charge in [-0.25, -0.2) is 0 Å². The van der Waals surface area contributed by atoms with Crippen molar-refractivity contribution in [1.29, 1.82) is 0 Å². The predicted octanol–water partition coefficient (Wildman–Crippen LogP) is 3.11. The van der Waals surface area contributed by atoms with Crippen molar-refractivity contribution in [2.24, 2.45) is 0 Å². The van der Waals surface area contributed by atoms with E-state index in [0.717, 1.165) is 13.0 Å². The minimum absolute atomic E-state index is 0.131. The van der Waals surface area contributed by atoms with E-state index in [-0.39, 0.29) is 12.5 Å². The number of hydrogen-bond donors (Lipinski definition) is 1. The molecular formula is C11H18F3N. The maximum Gasteiger partial charge on any atom is 0.389 e. The van der Waals surface area contributed by atoms with E-state index in [0.29, 0.717) is 6.42 Å². The summed E-state index contributed by atoms with van der Waals surface area (Å²) in [5.74, 6) is 5.66. The van der Waals surface area contributed by atoms with Crippen molar-refractivity contribution in [2.45, 2.75) is 51.7 Å². The molecule has 0 aliphatic rings. The van der Waals surface area contributed by atoms with E-state index in [4.69, 9.17) is 0 Å². The molecule has 0 heterocycles. The maximum absolute atomic E-state index is 11.8. The molecule has 88 valence electrons. The number of alkyl halides is 3. The van der Waals surface area contributed by atoms with E-state index in [2.05, 4.69) is 17.2 Å². The van der Waals surface area contributed by atoms with Crippen LogP contribution in [0, 0.1) is 11.8 Å². The monoisotopic (exact) mass is 221 g/mol. The van der Waals surface area contributed by atoms with Crippen LogP contribution in [-0.4, -0.2) is 18.8 Å². The van der Waals surface area contributed by atoms with Crippen LogP contribution in [0.15, 0.2) is 0 Å². The summed E-state index contributed by atoms with van der Waals surface area (Å²) >= 11 is 0. The van der Waals surface area contributed by atoms with Crippen molar-refractivity contribution in [3.05, 3.63) is 0 Å². The van der Waals surface area contributed by atoms with E-state index >= 15 is 0 Å². The third-order valence-electron chi connectivity index (χ3n) is 2.02. The first-order chi connectivity index (χ1) is 6.95. The Bertz CT molecular complexity index is 212. The van der Waals surface area contributed by atoms with E-state index in [1.165, 1.54) is 0 Å². The Balaban J connectivity index is 3.40. The standard InChI is InChI=1S/C11H18F3N/c1-3-4-5-9-15-10(2)7-6-8-11(12,13)14/h10,15H,5-9H2,1-2H3. The molecule has 0 aliphatic heterocycles. The Labute approximate surface area is 89.4 Å². The number of halogens is 3. The molecule has 1 nitrogen and oxygen atoms in total. The minimum atomic E-state index is -4.02. The van der Waals surface area contributed by atoms with E-state index in [1.807, 2.05) is 6.92 Å². The third kappa shape index (κ3) is 11.2. The molecule has 0 aliphatic carbocycles. The van der Waals surface area contributed by atoms with Gasteiger partial charge in [-0.3, -0.25) is 0 Å². The highest BCUT2D eigenvalue weighted by Gasteiger charge is 2.26. The fourth-order valence-corrected chi connectivity index (χ4v) is 1.22. The Morgan fingerprint density at radius 1 is 1.33 bits per heavy atom. The summed E-state index contributed by atoms with van der Waals surface area (Å²) in [6, 6.07) is 0.131. The molecule has 0 aromatic heterocycles. The molecule has 0 radical (unpaired) electrons. The lowest BCUT2D eigenvalue weighted by Crippen LogP contribution is -2.27. The molecule has 0 saturated heterocycles. The summed E-state index contributed by atoms with van der Waals surface area (Å²) < 4.78 is 35.5. The first-order valence-corrected chi connectivity index (χ1v) is 5.15. The van der Waals surface area contributed by atoms with Gasteiger partial charge in [0.25, 0.3) is 0 Å². The van der Waals surface area contributed by atoms with Crippen molar-refractivity contribution in [3.8, 4) is 11.8 Å². The number of rotatable bonds is 6. The summed E-state index contributed by atoms with van der Waals surface area (Å²) in [6.45, 7) is 4.41. The Morgan fingerprint density at radius 2 is 2.00 bits per heavy atom. The van der Waals surface area contributed by atoms with E-state index in [9.17, 15) is 13.2 Å². The van der Waals surface area contributed by atoms with Gasteiger partial charge in [-0.1, -0.05) is 0 Å². The molecule has 0 spiro atoms. The largest absolute Gasteiger partial charge is 0.389 e. The van der Waals surface area contributed by atoms with Crippen LogP contribution in [0.5, 0.6) is 0 Å². The molecule has 0 saturated carbocycles. The molecule has 0 amide bonds. The topological polar surface area (TPSA) is 12.0 Å². The molecule has 0 fully saturated rings. The highest BCUT2D eigenvalue weighted by Crippen LogP contribution is 2.22. The number of nitrogens with one attached hydrogen (secondary N) is 1. The highest BCUT2D eigenvalue weighted by atomic mass is 19.4. The molecule has 0 aromatic rings. The summed E-state index contributed by atoms with van der Waals surface area (Å²) in [4.78, 5) is 0. The summed E-state index contributed by atoms with van der Waals surface area (Å²) in [5.41, 5.74) is 0. The van der Waals surface area contributed by atoms with Gasteiger partial charge < -0.3 is 5.32 Å². The van der Waals surface area contributed by atoms with Gasteiger partial charge >= 0.3 is 6.18 Å². The first kappa shape index (κ1) is 14.3. The predicted molar refractivity (Wildman–Crippen MR) is 55.4 cm³/mol. The Hall–Kier alpha value is -0.690. The van der Waals surface area contributed by atoms with E-state index < -0.39 is 12.6 Å². The molecule has 1 unspecified atom stereocenters. The van der Waals surface area contributed by atoms with Crippen LogP contribution < -0.4 is 5.32 Å². The summed E-state index contributed by atoms with van der Waals surface area (Å²) in [5, 5.41) is 3.13. The van der Waals surface area contributed by atoms with Gasteiger partial charge in [0.15, 0.2) is 0 Å². The van der Waals surface area contributed by atoms with Crippen molar-refractivity contribution in [2.75, 3.05) is 6.54 Å². The van der Waals surface area contributed by atoms with E-state index in [1.54, 1.807) is 6.92 Å².